The van der Waals surface area contributed by atoms with Gasteiger partial charge in [0, 0.05) is 12.7 Å². The van der Waals surface area contributed by atoms with Gasteiger partial charge in [-0.15, -0.1) is 0 Å². The molecule has 1 heterocycles. The summed E-state index contributed by atoms with van der Waals surface area (Å²) in [6, 6.07) is 8.77. The molecule has 0 spiro atoms. The number of rotatable bonds is 5. The van der Waals surface area contributed by atoms with Crippen LogP contribution in [0.1, 0.15) is 32.1 Å². The molecule has 3 N–H and O–H groups in total. The minimum Gasteiger partial charge on any atom is -0.506 e. The van der Waals surface area contributed by atoms with Crippen LogP contribution in [0.3, 0.4) is 0 Å². The summed E-state index contributed by atoms with van der Waals surface area (Å²) < 4.78 is 16.3. The number of benzene rings is 1. The highest BCUT2D eigenvalue weighted by atomic mass is 16.7. The first kappa shape index (κ1) is 16.8. The third-order valence-corrected chi connectivity index (χ3v) is 3.81. The molecule has 122 valence electrons. The van der Waals surface area contributed by atoms with Crippen molar-refractivity contribution < 1.29 is 29.5 Å². The molecule has 0 aromatic heterocycles. The Kier molecular flexibility index (Phi) is 5.08. The van der Waals surface area contributed by atoms with Gasteiger partial charge >= 0.3 is 0 Å². The van der Waals surface area contributed by atoms with Crippen LogP contribution in [0.25, 0.3) is 0 Å². The zero-order valence-corrected chi connectivity index (χ0v) is 12.9. The van der Waals surface area contributed by atoms with Crippen molar-refractivity contribution in [3.63, 3.8) is 0 Å². The minimum absolute atomic E-state index is 0.391. The maximum absolute atomic E-state index is 10.2. The largest absolute Gasteiger partial charge is 0.506 e. The van der Waals surface area contributed by atoms with E-state index in [9.17, 15) is 15.3 Å². The van der Waals surface area contributed by atoms with E-state index in [1.807, 2.05) is 13.0 Å². The van der Waals surface area contributed by atoms with E-state index in [0.29, 0.717) is 12.0 Å². The molecule has 1 aliphatic rings. The van der Waals surface area contributed by atoms with E-state index < -0.39 is 35.8 Å². The Morgan fingerprint density at radius 2 is 1.91 bits per heavy atom. The van der Waals surface area contributed by atoms with Gasteiger partial charge in [-0.05, 0) is 13.3 Å². The van der Waals surface area contributed by atoms with Crippen LogP contribution in [0, 0.1) is 0 Å². The fourth-order valence-corrected chi connectivity index (χ4v) is 2.38. The molecular formula is C16H22O6. The van der Waals surface area contributed by atoms with Crippen molar-refractivity contribution in [1.29, 1.82) is 0 Å². The summed E-state index contributed by atoms with van der Waals surface area (Å²) in [5.41, 5.74) is 0.546. The summed E-state index contributed by atoms with van der Waals surface area (Å²) in [5.74, 6) is -2.27. The molecule has 0 bridgehead atoms. The van der Waals surface area contributed by atoms with E-state index >= 15 is 0 Å². The second-order valence-electron chi connectivity index (χ2n) is 5.27. The molecule has 6 nitrogen and oxygen atoms in total. The standard InChI is InChI=1S/C16H22O6/c1-4-11-13(12(17)14(18)16(2,20-3)22-11)21-15(19)10-8-6-5-7-9-10/h5-9,11,13,15,17-19H,4H2,1-3H3/t11?,13-,15?,16?/m1/s1. The lowest BCUT2D eigenvalue weighted by molar-refractivity contribution is -0.278. The van der Waals surface area contributed by atoms with Crippen LogP contribution in [-0.4, -0.2) is 40.4 Å². The van der Waals surface area contributed by atoms with Gasteiger partial charge in [-0.3, -0.25) is 0 Å². The van der Waals surface area contributed by atoms with Crippen LogP contribution in [0.15, 0.2) is 41.9 Å². The Hall–Kier alpha value is -1.60. The quantitative estimate of drug-likeness (QED) is 0.724. The third-order valence-electron chi connectivity index (χ3n) is 3.81. The topological polar surface area (TPSA) is 88.4 Å². The van der Waals surface area contributed by atoms with Gasteiger partial charge in [0.1, 0.15) is 6.10 Å². The van der Waals surface area contributed by atoms with Gasteiger partial charge in [0.15, 0.2) is 17.8 Å². The second-order valence-corrected chi connectivity index (χ2v) is 5.27. The Bertz CT molecular complexity index is 529. The summed E-state index contributed by atoms with van der Waals surface area (Å²) in [5, 5.41) is 30.5. The summed E-state index contributed by atoms with van der Waals surface area (Å²) >= 11 is 0. The number of aliphatic hydroxyl groups is 3. The van der Waals surface area contributed by atoms with Gasteiger partial charge < -0.3 is 29.5 Å². The van der Waals surface area contributed by atoms with Crippen LogP contribution in [0.5, 0.6) is 0 Å². The maximum atomic E-state index is 10.2. The molecule has 22 heavy (non-hydrogen) atoms. The van der Waals surface area contributed by atoms with Crippen LogP contribution in [-0.2, 0) is 14.2 Å². The monoisotopic (exact) mass is 310 g/mol. The Labute approximate surface area is 129 Å². The van der Waals surface area contributed by atoms with Crippen LogP contribution in [0.4, 0.5) is 0 Å². The first-order valence-corrected chi connectivity index (χ1v) is 7.17. The predicted molar refractivity (Wildman–Crippen MR) is 79.1 cm³/mol. The Morgan fingerprint density at radius 1 is 1.27 bits per heavy atom. The molecule has 1 aliphatic heterocycles. The lowest BCUT2D eigenvalue weighted by Gasteiger charge is -2.40. The molecule has 0 radical (unpaired) electrons. The molecule has 6 heteroatoms. The van der Waals surface area contributed by atoms with Gasteiger partial charge in [0.2, 0.25) is 5.79 Å². The number of hydrogen-bond donors (Lipinski definition) is 3. The molecule has 0 aliphatic carbocycles. The van der Waals surface area contributed by atoms with E-state index in [1.165, 1.54) is 14.0 Å². The second kappa shape index (κ2) is 6.66. The van der Waals surface area contributed by atoms with Gasteiger partial charge in [0.05, 0.1) is 6.10 Å². The van der Waals surface area contributed by atoms with Crippen molar-refractivity contribution in [2.75, 3.05) is 7.11 Å². The molecule has 1 aromatic rings. The predicted octanol–water partition coefficient (Wildman–Crippen LogP) is 2.56. The van der Waals surface area contributed by atoms with Crippen molar-refractivity contribution in [3.05, 3.63) is 47.4 Å². The zero-order chi connectivity index (χ0) is 16.3. The molecule has 1 aromatic carbocycles. The molecular weight excluding hydrogens is 288 g/mol. The summed E-state index contributed by atoms with van der Waals surface area (Å²) in [6.07, 6.45) is -2.30. The van der Waals surface area contributed by atoms with Crippen molar-refractivity contribution in [3.8, 4) is 0 Å². The normalized spacial score (nSPS) is 30.4. The summed E-state index contributed by atoms with van der Waals surface area (Å²) in [7, 11) is 1.37. The van der Waals surface area contributed by atoms with Gasteiger partial charge in [-0.25, -0.2) is 0 Å². The Balaban J connectivity index is 2.25. The highest BCUT2D eigenvalue weighted by molar-refractivity contribution is 5.19. The van der Waals surface area contributed by atoms with E-state index in [1.54, 1.807) is 24.3 Å². The average Bonchev–Trinajstić information content (AvgIpc) is 2.56. The number of hydrogen-bond acceptors (Lipinski definition) is 6. The van der Waals surface area contributed by atoms with Crippen molar-refractivity contribution in [2.24, 2.45) is 0 Å². The molecule has 0 saturated heterocycles. The fraction of sp³-hybridized carbons (Fsp3) is 0.500. The number of aliphatic hydroxyl groups excluding tert-OH is 3. The molecule has 2 rings (SSSR count). The minimum atomic E-state index is -1.43. The zero-order valence-electron chi connectivity index (χ0n) is 12.9. The maximum Gasteiger partial charge on any atom is 0.228 e. The van der Waals surface area contributed by atoms with E-state index in [0.717, 1.165) is 0 Å². The van der Waals surface area contributed by atoms with Gasteiger partial charge in [-0.1, -0.05) is 37.3 Å². The number of ether oxygens (including phenoxy) is 3. The summed E-state index contributed by atoms with van der Waals surface area (Å²) in [6.45, 7) is 3.35. The molecule has 0 fully saturated rings. The van der Waals surface area contributed by atoms with E-state index in [4.69, 9.17) is 14.2 Å². The van der Waals surface area contributed by atoms with E-state index in [2.05, 4.69) is 0 Å². The van der Waals surface area contributed by atoms with Gasteiger partial charge in [-0.2, -0.15) is 0 Å². The van der Waals surface area contributed by atoms with Crippen LogP contribution < -0.4 is 0 Å². The van der Waals surface area contributed by atoms with Crippen molar-refractivity contribution >= 4 is 0 Å². The first-order valence-electron chi connectivity index (χ1n) is 7.17. The lowest BCUT2D eigenvalue weighted by Crippen LogP contribution is -2.49. The first-order chi connectivity index (χ1) is 10.4. The molecule has 4 atom stereocenters. The van der Waals surface area contributed by atoms with Crippen LogP contribution in [0.2, 0.25) is 0 Å². The molecule has 0 saturated carbocycles. The van der Waals surface area contributed by atoms with E-state index in [-0.39, 0.29) is 0 Å². The highest BCUT2D eigenvalue weighted by Gasteiger charge is 2.46. The smallest absolute Gasteiger partial charge is 0.228 e. The molecule has 3 unspecified atom stereocenters. The lowest BCUT2D eigenvalue weighted by atomic mass is 10.0. The van der Waals surface area contributed by atoms with Gasteiger partial charge in [0.25, 0.3) is 0 Å². The van der Waals surface area contributed by atoms with Crippen LogP contribution >= 0.6 is 0 Å². The fourth-order valence-electron chi connectivity index (χ4n) is 2.38. The van der Waals surface area contributed by atoms with Crippen molar-refractivity contribution in [1.82, 2.24) is 0 Å². The average molecular weight is 310 g/mol. The SMILES string of the molecule is CCC1OC(C)(OC)C(O)=C(O)[C@@H]1OC(O)c1ccccc1. The van der Waals surface area contributed by atoms with Crippen molar-refractivity contribution in [2.45, 2.75) is 44.6 Å². The highest BCUT2D eigenvalue weighted by Crippen LogP contribution is 2.36. The third kappa shape index (κ3) is 3.10. The Morgan fingerprint density at radius 3 is 2.45 bits per heavy atom. The molecule has 0 amide bonds. The summed E-state index contributed by atoms with van der Waals surface area (Å²) in [4.78, 5) is 0. The number of methoxy groups -OCH3 is 1.